The first-order chi connectivity index (χ1) is 9.06. The van der Waals surface area contributed by atoms with Gasteiger partial charge in [0.05, 0.1) is 13.1 Å². The second-order valence-corrected chi connectivity index (χ2v) is 5.26. The second-order valence-electron chi connectivity index (χ2n) is 5.26. The Hall–Kier alpha value is -1.06. The minimum atomic E-state index is 0.826. The van der Waals surface area contributed by atoms with E-state index in [4.69, 9.17) is 4.42 Å². The normalized spacial score (nSPS) is 11.2. The third-order valence-corrected chi connectivity index (χ3v) is 3.10. The van der Waals surface area contributed by atoms with E-state index in [0.29, 0.717) is 0 Å². The molecule has 0 aromatic carbocycles. The van der Waals surface area contributed by atoms with E-state index >= 15 is 0 Å². The number of hydrogen-bond acceptors (Lipinski definition) is 3. The Labute approximate surface area is 117 Å². The first-order valence-electron chi connectivity index (χ1n) is 7.22. The highest BCUT2D eigenvalue weighted by molar-refractivity contribution is 5.20. The molecule has 1 rings (SSSR count). The van der Waals surface area contributed by atoms with Crippen molar-refractivity contribution in [1.82, 2.24) is 10.2 Å². The van der Waals surface area contributed by atoms with Crippen molar-refractivity contribution in [3.05, 3.63) is 35.3 Å². The topological polar surface area (TPSA) is 28.4 Å². The molecule has 108 valence electrons. The molecule has 0 radical (unpaired) electrons. The summed E-state index contributed by atoms with van der Waals surface area (Å²) in [6.07, 6.45) is 1.15. The average molecular weight is 264 g/mol. The molecule has 1 heterocycles. The van der Waals surface area contributed by atoms with Crippen molar-refractivity contribution in [1.29, 1.82) is 0 Å². The van der Waals surface area contributed by atoms with Crippen LogP contribution in [0.4, 0.5) is 0 Å². The van der Waals surface area contributed by atoms with Crippen LogP contribution in [0, 0.1) is 6.92 Å². The SMILES string of the molecule is C=C(C)CN(CC)Cc1cc(C)c(CNCCC)o1. The van der Waals surface area contributed by atoms with Gasteiger partial charge in [0.25, 0.3) is 0 Å². The Morgan fingerprint density at radius 1 is 1.42 bits per heavy atom. The summed E-state index contributed by atoms with van der Waals surface area (Å²) in [6, 6.07) is 2.16. The molecule has 3 nitrogen and oxygen atoms in total. The highest BCUT2D eigenvalue weighted by atomic mass is 16.3. The van der Waals surface area contributed by atoms with Crippen molar-refractivity contribution in [2.45, 2.75) is 47.2 Å². The first kappa shape index (κ1) is 16.0. The molecule has 0 spiro atoms. The summed E-state index contributed by atoms with van der Waals surface area (Å²) in [5, 5.41) is 3.38. The zero-order chi connectivity index (χ0) is 14.3. The van der Waals surface area contributed by atoms with Gasteiger partial charge < -0.3 is 9.73 Å². The molecule has 0 saturated carbocycles. The molecule has 0 amide bonds. The van der Waals surface area contributed by atoms with Crippen LogP contribution in [-0.2, 0) is 13.1 Å². The molecule has 19 heavy (non-hydrogen) atoms. The molecule has 0 atom stereocenters. The number of aryl methyl sites for hydroxylation is 1. The van der Waals surface area contributed by atoms with Crippen LogP contribution in [0.3, 0.4) is 0 Å². The number of nitrogens with one attached hydrogen (secondary N) is 1. The average Bonchev–Trinajstić information content (AvgIpc) is 2.69. The number of hydrogen-bond donors (Lipinski definition) is 1. The molecule has 3 heteroatoms. The molecular formula is C16H28N2O. The van der Waals surface area contributed by atoms with Crippen molar-refractivity contribution >= 4 is 0 Å². The molecule has 0 aliphatic rings. The summed E-state index contributed by atoms with van der Waals surface area (Å²) >= 11 is 0. The van der Waals surface area contributed by atoms with Crippen LogP contribution in [-0.4, -0.2) is 24.5 Å². The number of nitrogens with zero attached hydrogens (tertiary/aromatic N) is 1. The van der Waals surface area contributed by atoms with Crippen LogP contribution in [0.25, 0.3) is 0 Å². The van der Waals surface area contributed by atoms with Crippen LogP contribution < -0.4 is 5.32 Å². The monoisotopic (exact) mass is 264 g/mol. The minimum absolute atomic E-state index is 0.826. The van der Waals surface area contributed by atoms with E-state index in [-0.39, 0.29) is 0 Å². The Bertz CT molecular complexity index is 395. The van der Waals surface area contributed by atoms with Gasteiger partial charge in [-0.2, -0.15) is 0 Å². The van der Waals surface area contributed by atoms with E-state index in [9.17, 15) is 0 Å². The van der Waals surface area contributed by atoms with E-state index in [0.717, 1.165) is 50.7 Å². The lowest BCUT2D eigenvalue weighted by molar-refractivity contribution is 0.271. The van der Waals surface area contributed by atoms with Gasteiger partial charge in [0.15, 0.2) is 0 Å². The highest BCUT2D eigenvalue weighted by Gasteiger charge is 2.10. The zero-order valence-electron chi connectivity index (χ0n) is 12.9. The smallest absolute Gasteiger partial charge is 0.120 e. The maximum atomic E-state index is 5.94. The second kappa shape index (κ2) is 8.18. The molecule has 1 aromatic rings. The van der Waals surface area contributed by atoms with Crippen LogP contribution in [0.15, 0.2) is 22.6 Å². The van der Waals surface area contributed by atoms with Gasteiger partial charge in [-0.3, -0.25) is 4.90 Å². The van der Waals surface area contributed by atoms with E-state index in [1.165, 1.54) is 11.1 Å². The van der Waals surface area contributed by atoms with Gasteiger partial charge in [-0.05, 0) is 45.0 Å². The summed E-state index contributed by atoms with van der Waals surface area (Å²) in [7, 11) is 0. The fraction of sp³-hybridized carbons (Fsp3) is 0.625. The van der Waals surface area contributed by atoms with Crippen molar-refractivity contribution in [3.63, 3.8) is 0 Å². The summed E-state index contributed by atoms with van der Waals surface area (Å²) in [5.41, 5.74) is 2.43. The third kappa shape index (κ3) is 5.62. The predicted molar refractivity (Wildman–Crippen MR) is 81.2 cm³/mol. The summed E-state index contributed by atoms with van der Waals surface area (Å²) in [5.74, 6) is 2.11. The van der Waals surface area contributed by atoms with Gasteiger partial charge >= 0.3 is 0 Å². The molecule has 0 aliphatic heterocycles. The van der Waals surface area contributed by atoms with Crippen molar-refractivity contribution in [2.24, 2.45) is 0 Å². The van der Waals surface area contributed by atoms with Crippen LogP contribution in [0.2, 0.25) is 0 Å². The van der Waals surface area contributed by atoms with Gasteiger partial charge in [-0.15, -0.1) is 0 Å². The van der Waals surface area contributed by atoms with E-state index in [1.807, 2.05) is 0 Å². The Kier molecular flexibility index (Phi) is 6.89. The van der Waals surface area contributed by atoms with E-state index < -0.39 is 0 Å². The number of rotatable bonds is 9. The zero-order valence-corrected chi connectivity index (χ0v) is 12.9. The molecule has 1 aromatic heterocycles. The summed E-state index contributed by atoms with van der Waals surface area (Å²) < 4.78 is 5.94. The van der Waals surface area contributed by atoms with E-state index in [2.05, 4.69) is 50.6 Å². The number of furan rings is 1. The Balaban J connectivity index is 2.58. The predicted octanol–water partition coefficient (Wildman–Crippen LogP) is 3.49. The van der Waals surface area contributed by atoms with Crippen LogP contribution in [0.5, 0.6) is 0 Å². The maximum absolute atomic E-state index is 5.94. The molecule has 0 saturated heterocycles. The van der Waals surface area contributed by atoms with Crippen molar-refractivity contribution in [3.8, 4) is 0 Å². The molecule has 0 aliphatic carbocycles. The Morgan fingerprint density at radius 3 is 2.74 bits per heavy atom. The third-order valence-electron chi connectivity index (χ3n) is 3.10. The lowest BCUT2D eigenvalue weighted by atomic mass is 10.2. The summed E-state index contributed by atoms with van der Waals surface area (Å²) in [4.78, 5) is 2.34. The van der Waals surface area contributed by atoms with Gasteiger partial charge in [0.1, 0.15) is 11.5 Å². The fourth-order valence-corrected chi connectivity index (χ4v) is 2.10. The van der Waals surface area contributed by atoms with E-state index in [1.54, 1.807) is 0 Å². The summed E-state index contributed by atoms with van der Waals surface area (Å²) in [6.45, 7) is 17.2. The molecular weight excluding hydrogens is 236 g/mol. The fourth-order valence-electron chi connectivity index (χ4n) is 2.10. The quantitative estimate of drug-likeness (QED) is 0.547. The molecule has 0 fully saturated rings. The lowest BCUT2D eigenvalue weighted by Crippen LogP contribution is -2.24. The lowest BCUT2D eigenvalue weighted by Gasteiger charge is -2.18. The molecule has 1 N–H and O–H groups in total. The van der Waals surface area contributed by atoms with Gasteiger partial charge in [-0.25, -0.2) is 0 Å². The largest absolute Gasteiger partial charge is 0.463 e. The van der Waals surface area contributed by atoms with Crippen molar-refractivity contribution in [2.75, 3.05) is 19.6 Å². The van der Waals surface area contributed by atoms with Crippen molar-refractivity contribution < 1.29 is 4.42 Å². The number of likely N-dealkylation sites (N-methyl/N-ethyl adjacent to an activating group) is 1. The minimum Gasteiger partial charge on any atom is -0.463 e. The standard InChI is InChI=1S/C16H28N2O/c1-6-8-17-10-16-14(5)9-15(19-16)12-18(7-2)11-13(3)4/h9,17H,3,6-8,10-12H2,1-2,4-5H3. The maximum Gasteiger partial charge on any atom is 0.120 e. The van der Waals surface area contributed by atoms with Crippen LogP contribution >= 0.6 is 0 Å². The van der Waals surface area contributed by atoms with Gasteiger partial charge in [0, 0.05) is 6.54 Å². The first-order valence-corrected chi connectivity index (χ1v) is 7.22. The van der Waals surface area contributed by atoms with Gasteiger partial charge in [-0.1, -0.05) is 26.0 Å². The molecule has 0 unspecified atom stereocenters. The Morgan fingerprint density at radius 2 is 2.16 bits per heavy atom. The van der Waals surface area contributed by atoms with Gasteiger partial charge in [0.2, 0.25) is 0 Å². The van der Waals surface area contributed by atoms with Crippen LogP contribution in [0.1, 0.15) is 44.3 Å². The molecule has 0 bridgehead atoms. The highest BCUT2D eigenvalue weighted by Crippen LogP contribution is 2.16.